The van der Waals surface area contributed by atoms with Crippen LogP contribution in [0, 0.1) is 6.92 Å². The predicted molar refractivity (Wildman–Crippen MR) is 93.4 cm³/mol. The van der Waals surface area contributed by atoms with Gasteiger partial charge in [-0.1, -0.05) is 29.8 Å². The van der Waals surface area contributed by atoms with E-state index in [1.807, 2.05) is 44.7 Å². The molecule has 0 fully saturated rings. The largest absolute Gasteiger partial charge is 0.351 e. The highest BCUT2D eigenvalue weighted by atomic mass is 32.1. The number of aryl methyl sites for hydroxylation is 1. The van der Waals surface area contributed by atoms with Crippen LogP contribution in [0.25, 0.3) is 0 Å². The first-order valence-corrected chi connectivity index (χ1v) is 8.02. The van der Waals surface area contributed by atoms with Crippen LogP contribution < -0.4 is 10.6 Å². The molecule has 1 atom stereocenters. The molecule has 1 aromatic carbocycles. The average molecular weight is 317 g/mol. The van der Waals surface area contributed by atoms with Gasteiger partial charge in [-0.3, -0.25) is 4.79 Å². The number of hydrogen-bond acceptors (Lipinski definition) is 2. The molecule has 1 aliphatic rings. The summed E-state index contributed by atoms with van der Waals surface area (Å²) in [6.07, 6.45) is 0. The summed E-state index contributed by atoms with van der Waals surface area (Å²) in [5.41, 5.74) is 3.80. The van der Waals surface area contributed by atoms with E-state index < -0.39 is 0 Å². The molecule has 0 spiro atoms. The van der Waals surface area contributed by atoms with Crippen molar-refractivity contribution >= 4 is 23.2 Å². The van der Waals surface area contributed by atoms with Gasteiger partial charge in [0.05, 0.1) is 11.6 Å². The monoisotopic (exact) mass is 317 g/mol. The van der Waals surface area contributed by atoms with Crippen molar-refractivity contribution in [1.82, 2.24) is 15.5 Å². The van der Waals surface area contributed by atoms with Crippen LogP contribution in [0.1, 0.15) is 37.9 Å². The molecule has 0 aliphatic carbocycles. The number of nitrogens with zero attached hydrogens (tertiary/aromatic N) is 1. The molecular weight excluding hydrogens is 294 g/mol. The van der Waals surface area contributed by atoms with Crippen LogP contribution in [0.15, 0.2) is 35.5 Å². The quantitative estimate of drug-likeness (QED) is 0.838. The predicted octanol–water partition coefficient (Wildman–Crippen LogP) is 2.66. The van der Waals surface area contributed by atoms with E-state index in [-0.39, 0.29) is 11.9 Å². The Morgan fingerprint density at radius 2 is 1.77 bits per heavy atom. The lowest BCUT2D eigenvalue weighted by molar-refractivity contribution is -0.127. The maximum Gasteiger partial charge on any atom is 0.253 e. The zero-order valence-electron chi connectivity index (χ0n) is 13.6. The highest BCUT2D eigenvalue weighted by Gasteiger charge is 2.31. The summed E-state index contributed by atoms with van der Waals surface area (Å²) < 4.78 is 0. The number of carbonyl (C=O) groups is 1. The molecule has 1 amide bonds. The van der Waals surface area contributed by atoms with E-state index in [1.54, 1.807) is 0 Å². The molecule has 1 aromatic rings. The van der Waals surface area contributed by atoms with Gasteiger partial charge in [-0.15, -0.1) is 0 Å². The molecular formula is C17H23N3OS. The Hall–Kier alpha value is -1.88. The highest BCUT2D eigenvalue weighted by Crippen LogP contribution is 2.28. The SMILES string of the molecule is CCN(CC)C(=O)C1=C(C)NC(=S)NC1c1ccc(C)cc1. The summed E-state index contributed by atoms with van der Waals surface area (Å²) in [5.74, 6) is 0.0515. The maximum atomic E-state index is 12.9. The molecule has 2 N–H and O–H groups in total. The minimum Gasteiger partial charge on any atom is -0.351 e. The number of likely N-dealkylation sites (N-methyl/N-ethyl adjacent to an activating group) is 1. The fourth-order valence-electron chi connectivity index (χ4n) is 2.67. The first-order chi connectivity index (χ1) is 10.5. The average Bonchev–Trinajstić information content (AvgIpc) is 2.48. The van der Waals surface area contributed by atoms with Gasteiger partial charge in [0.1, 0.15) is 0 Å². The Kier molecular flexibility index (Phi) is 5.19. The van der Waals surface area contributed by atoms with E-state index in [2.05, 4.69) is 22.8 Å². The van der Waals surface area contributed by atoms with E-state index in [0.717, 1.165) is 16.8 Å². The third-order valence-electron chi connectivity index (χ3n) is 3.96. The summed E-state index contributed by atoms with van der Waals surface area (Å²) in [5, 5.41) is 6.86. The number of thiocarbonyl (C=S) groups is 1. The van der Waals surface area contributed by atoms with Gasteiger partial charge in [0.15, 0.2) is 5.11 Å². The lowest BCUT2D eigenvalue weighted by Gasteiger charge is -2.33. The number of allylic oxidation sites excluding steroid dienone is 1. The molecule has 0 radical (unpaired) electrons. The number of benzene rings is 1. The van der Waals surface area contributed by atoms with Gasteiger partial charge in [-0.05, 0) is 45.5 Å². The van der Waals surface area contributed by atoms with Crippen LogP contribution in [-0.2, 0) is 4.79 Å². The molecule has 22 heavy (non-hydrogen) atoms. The van der Waals surface area contributed by atoms with Crippen molar-refractivity contribution in [2.45, 2.75) is 33.7 Å². The zero-order chi connectivity index (χ0) is 16.3. The van der Waals surface area contributed by atoms with Crippen molar-refractivity contribution in [1.29, 1.82) is 0 Å². The Labute approximate surface area is 137 Å². The van der Waals surface area contributed by atoms with E-state index >= 15 is 0 Å². The summed E-state index contributed by atoms with van der Waals surface area (Å²) in [4.78, 5) is 14.7. The van der Waals surface area contributed by atoms with Crippen molar-refractivity contribution in [3.8, 4) is 0 Å². The van der Waals surface area contributed by atoms with Crippen molar-refractivity contribution in [3.05, 3.63) is 46.7 Å². The smallest absolute Gasteiger partial charge is 0.253 e. The third-order valence-corrected chi connectivity index (χ3v) is 4.18. The Morgan fingerprint density at radius 3 is 2.32 bits per heavy atom. The minimum absolute atomic E-state index is 0.0515. The summed E-state index contributed by atoms with van der Waals surface area (Å²) in [6, 6.07) is 7.99. The number of rotatable bonds is 4. The minimum atomic E-state index is -0.206. The van der Waals surface area contributed by atoms with Crippen LogP contribution in [0.2, 0.25) is 0 Å². The zero-order valence-corrected chi connectivity index (χ0v) is 14.4. The van der Waals surface area contributed by atoms with Crippen molar-refractivity contribution < 1.29 is 4.79 Å². The molecule has 0 saturated heterocycles. The van der Waals surface area contributed by atoms with Crippen LogP contribution >= 0.6 is 12.2 Å². The fourth-order valence-corrected chi connectivity index (χ4v) is 2.94. The van der Waals surface area contributed by atoms with Crippen LogP contribution in [0.3, 0.4) is 0 Å². The second-order valence-corrected chi connectivity index (χ2v) is 5.87. The maximum absolute atomic E-state index is 12.9. The second kappa shape index (κ2) is 6.92. The summed E-state index contributed by atoms with van der Waals surface area (Å²) in [6.45, 7) is 9.33. The second-order valence-electron chi connectivity index (χ2n) is 5.46. The molecule has 118 valence electrons. The first kappa shape index (κ1) is 16.5. The Morgan fingerprint density at radius 1 is 1.18 bits per heavy atom. The molecule has 2 rings (SSSR count). The van der Waals surface area contributed by atoms with Gasteiger partial charge >= 0.3 is 0 Å². The molecule has 0 saturated carbocycles. The fraction of sp³-hybridized carbons (Fsp3) is 0.412. The van der Waals surface area contributed by atoms with Gasteiger partial charge in [0.2, 0.25) is 0 Å². The molecule has 1 aliphatic heterocycles. The lowest BCUT2D eigenvalue weighted by Crippen LogP contribution is -2.47. The molecule has 4 nitrogen and oxygen atoms in total. The molecule has 1 heterocycles. The summed E-state index contributed by atoms with van der Waals surface area (Å²) in [7, 11) is 0. The van der Waals surface area contributed by atoms with E-state index in [9.17, 15) is 4.79 Å². The van der Waals surface area contributed by atoms with Crippen molar-refractivity contribution in [2.24, 2.45) is 0 Å². The Bertz CT molecular complexity index is 603. The van der Waals surface area contributed by atoms with E-state index in [4.69, 9.17) is 12.2 Å². The van der Waals surface area contributed by atoms with Crippen LogP contribution in [0.4, 0.5) is 0 Å². The van der Waals surface area contributed by atoms with E-state index in [1.165, 1.54) is 5.56 Å². The van der Waals surface area contributed by atoms with E-state index in [0.29, 0.717) is 18.2 Å². The standard InChI is InChI=1S/C17H23N3OS/c1-5-20(6-2)16(21)14-12(4)18-17(22)19-15(14)13-9-7-11(3)8-10-13/h7-10,15H,5-6H2,1-4H3,(H2,18,19,22). The first-order valence-electron chi connectivity index (χ1n) is 7.62. The van der Waals surface area contributed by atoms with Crippen molar-refractivity contribution in [3.63, 3.8) is 0 Å². The highest BCUT2D eigenvalue weighted by molar-refractivity contribution is 7.80. The molecule has 0 bridgehead atoms. The van der Waals surface area contributed by atoms with Gasteiger partial charge in [-0.25, -0.2) is 0 Å². The number of amides is 1. The normalized spacial score (nSPS) is 17.8. The van der Waals surface area contributed by atoms with Gasteiger partial charge < -0.3 is 15.5 Å². The topological polar surface area (TPSA) is 44.4 Å². The van der Waals surface area contributed by atoms with Crippen molar-refractivity contribution in [2.75, 3.05) is 13.1 Å². The van der Waals surface area contributed by atoms with Gasteiger partial charge in [0, 0.05) is 18.8 Å². The number of nitrogens with one attached hydrogen (secondary N) is 2. The number of hydrogen-bond donors (Lipinski definition) is 2. The van der Waals surface area contributed by atoms with Crippen LogP contribution in [0.5, 0.6) is 0 Å². The molecule has 5 heteroatoms. The van der Waals surface area contributed by atoms with Gasteiger partial charge in [0.25, 0.3) is 5.91 Å². The van der Waals surface area contributed by atoms with Crippen LogP contribution in [-0.4, -0.2) is 29.0 Å². The lowest BCUT2D eigenvalue weighted by atomic mass is 9.94. The number of carbonyl (C=O) groups excluding carboxylic acids is 1. The van der Waals surface area contributed by atoms with Gasteiger partial charge in [-0.2, -0.15) is 0 Å². The Balaban J connectivity index is 2.45. The molecule has 1 unspecified atom stereocenters. The third kappa shape index (κ3) is 3.30. The molecule has 0 aromatic heterocycles. The summed E-state index contributed by atoms with van der Waals surface area (Å²) >= 11 is 5.27.